The van der Waals surface area contributed by atoms with Crippen molar-refractivity contribution in [2.45, 2.75) is 12.8 Å². The van der Waals surface area contributed by atoms with E-state index in [-0.39, 0.29) is 17.7 Å². The van der Waals surface area contributed by atoms with Gasteiger partial charge < -0.3 is 24.0 Å². The SMILES string of the molecule is COCCN1CCN(C(=O)[C@H]2CC(=O)N(CCc3ccc(OC)c(OC)c3)C2)CC1. The Kier molecular flexibility index (Phi) is 7.93. The molecule has 0 aromatic heterocycles. The Labute approximate surface area is 178 Å². The van der Waals surface area contributed by atoms with Crippen LogP contribution < -0.4 is 9.47 Å². The average Bonchev–Trinajstić information content (AvgIpc) is 3.16. The van der Waals surface area contributed by atoms with Crippen LogP contribution in [0.1, 0.15) is 12.0 Å². The molecule has 0 unspecified atom stereocenters. The minimum atomic E-state index is -0.228. The zero-order valence-electron chi connectivity index (χ0n) is 18.3. The summed E-state index contributed by atoms with van der Waals surface area (Å²) in [5.41, 5.74) is 1.07. The highest BCUT2D eigenvalue weighted by Gasteiger charge is 2.37. The Bertz CT molecular complexity index is 733. The van der Waals surface area contributed by atoms with Crippen LogP contribution in [0.5, 0.6) is 11.5 Å². The molecule has 1 aromatic rings. The molecule has 30 heavy (non-hydrogen) atoms. The molecule has 2 saturated heterocycles. The van der Waals surface area contributed by atoms with Gasteiger partial charge >= 0.3 is 0 Å². The number of carbonyl (C=O) groups is 2. The first-order chi connectivity index (χ1) is 14.5. The number of piperazine rings is 1. The van der Waals surface area contributed by atoms with Crippen LogP contribution in [0.3, 0.4) is 0 Å². The van der Waals surface area contributed by atoms with Crippen molar-refractivity contribution in [3.05, 3.63) is 23.8 Å². The standard InChI is InChI=1S/C22H33N3O5/c1-28-13-12-23-8-10-24(11-9-23)22(27)18-15-21(26)25(16-18)7-6-17-4-5-19(29-2)20(14-17)30-3/h4-5,14,18H,6-13,15-16H2,1-3H3/t18-/m0/s1. The van der Waals surface area contributed by atoms with Crippen molar-refractivity contribution in [2.75, 3.05) is 73.7 Å². The van der Waals surface area contributed by atoms with Crippen molar-refractivity contribution < 1.29 is 23.8 Å². The highest BCUT2D eigenvalue weighted by Crippen LogP contribution is 2.28. The molecule has 1 atom stereocenters. The number of amides is 2. The van der Waals surface area contributed by atoms with Crippen LogP contribution in [0, 0.1) is 5.92 Å². The molecule has 0 N–H and O–H groups in total. The second kappa shape index (κ2) is 10.6. The van der Waals surface area contributed by atoms with Crippen LogP contribution in [-0.4, -0.2) is 100 Å². The number of methoxy groups -OCH3 is 3. The molecule has 1 aromatic carbocycles. The van der Waals surface area contributed by atoms with E-state index in [0.717, 1.165) is 38.3 Å². The predicted octanol–water partition coefficient (Wildman–Crippen LogP) is 0.885. The monoisotopic (exact) mass is 419 g/mol. The minimum Gasteiger partial charge on any atom is -0.493 e. The number of hydrogen-bond donors (Lipinski definition) is 0. The third kappa shape index (κ3) is 5.43. The normalized spacial score (nSPS) is 20.0. The molecule has 2 heterocycles. The maximum Gasteiger partial charge on any atom is 0.228 e. The lowest BCUT2D eigenvalue weighted by atomic mass is 10.1. The molecule has 8 heteroatoms. The van der Waals surface area contributed by atoms with E-state index in [1.54, 1.807) is 21.3 Å². The second-order valence-corrected chi connectivity index (χ2v) is 7.84. The number of ether oxygens (including phenoxy) is 3. The largest absolute Gasteiger partial charge is 0.493 e. The van der Waals surface area contributed by atoms with Gasteiger partial charge in [-0.05, 0) is 24.1 Å². The van der Waals surface area contributed by atoms with Crippen molar-refractivity contribution in [1.82, 2.24) is 14.7 Å². The molecule has 8 nitrogen and oxygen atoms in total. The molecule has 2 aliphatic heterocycles. The first-order valence-corrected chi connectivity index (χ1v) is 10.5. The third-order valence-corrected chi connectivity index (χ3v) is 5.98. The molecule has 166 valence electrons. The van der Waals surface area contributed by atoms with Gasteiger partial charge in [0.05, 0.1) is 26.7 Å². The lowest BCUT2D eigenvalue weighted by Crippen LogP contribution is -2.51. The molecular formula is C22H33N3O5. The quantitative estimate of drug-likeness (QED) is 0.592. The van der Waals surface area contributed by atoms with Gasteiger partial charge in [0, 0.05) is 59.3 Å². The van der Waals surface area contributed by atoms with Gasteiger partial charge in [-0.25, -0.2) is 0 Å². The molecule has 0 spiro atoms. The summed E-state index contributed by atoms with van der Waals surface area (Å²) >= 11 is 0. The lowest BCUT2D eigenvalue weighted by molar-refractivity contribution is -0.137. The molecule has 0 saturated carbocycles. The lowest BCUT2D eigenvalue weighted by Gasteiger charge is -2.35. The Morgan fingerprint density at radius 3 is 2.43 bits per heavy atom. The molecule has 0 bridgehead atoms. The highest BCUT2D eigenvalue weighted by atomic mass is 16.5. The summed E-state index contributed by atoms with van der Waals surface area (Å²) in [6.07, 6.45) is 1.03. The molecular weight excluding hydrogens is 386 g/mol. The summed E-state index contributed by atoms with van der Waals surface area (Å²) in [7, 11) is 4.92. The summed E-state index contributed by atoms with van der Waals surface area (Å²) < 4.78 is 15.7. The fourth-order valence-corrected chi connectivity index (χ4v) is 4.12. The third-order valence-electron chi connectivity index (χ3n) is 5.98. The number of likely N-dealkylation sites (tertiary alicyclic amines) is 1. The van der Waals surface area contributed by atoms with E-state index >= 15 is 0 Å². The van der Waals surface area contributed by atoms with Gasteiger partial charge in [0.25, 0.3) is 0 Å². The summed E-state index contributed by atoms with van der Waals surface area (Å²) in [6.45, 7) is 5.87. The van der Waals surface area contributed by atoms with Crippen molar-refractivity contribution in [1.29, 1.82) is 0 Å². The van der Waals surface area contributed by atoms with Crippen LogP contribution in [0.2, 0.25) is 0 Å². The minimum absolute atomic E-state index is 0.0626. The summed E-state index contributed by atoms with van der Waals surface area (Å²) in [4.78, 5) is 31.4. The number of benzene rings is 1. The fourth-order valence-electron chi connectivity index (χ4n) is 4.12. The molecule has 2 amide bonds. The van der Waals surface area contributed by atoms with Crippen molar-refractivity contribution in [2.24, 2.45) is 5.92 Å². The van der Waals surface area contributed by atoms with Gasteiger partial charge in [-0.2, -0.15) is 0 Å². The Morgan fingerprint density at radius 1 is 1.03 bits per heavy atom. The van der Waals surface area contributed by atoms with Gasteiger partial charge in [0.15, 0.2) is 11.5 Å². The molecule has 2 fully saturated rings. The smallest absolute Gasteiger partial charge is 0.228 e. The van der Waals surface area contributed by atoms with Crippen LogP contribution in [-0.2, 0) is 20.7 Å². The molecule has 0 radical (unpaired) electrons. The first kappa shape index (κ1) is 22.4. The topological polar surface area (TPSA) is 71.6 Å². The highest BCUT2D eigenvalue weighted by molar-refractivity contribution is 5.89. The maximum atomic E-state index is 12.9. The van der Waals surface area contributed by atoms with Crippen LogP contribution in [0.15, 0.2) is 18.2 Å². The predicted molar refractivity (Wildman–Crippen MR) is 113 cm³/mol. The van der Waals surface area contributed by atoms with Crippen LogP contribution >= 0.6 is 0 Å². The molecule has 2 aliphatic rings. The Balaban J connectivity index is 1.48. The van der Waals surface area contributed by atoms with E-state index in [2.05, 4.69) is 4.90 Å². The molecule has 0 aliphatic carbocycles. The van der Waals surface area contributed by atoms with Crippen molar-refractivity contribution in [3.8, 4) is 11.5 Å². The summed E-state index contributed by atoms with van der Waals surface area (Å²) in [5.74, 6) is 1.32. The van der Waals surface area contributed by atoms with Crippen LogP contribution in [0.4, 0.5) is 0 Å². The average molecular weight is 420 g/mol. The van der Waals surface area contributed by atoms with E-state index in [0.29, 0.717) is 44.0 Å². The summed E-state index contributed by atoms with van der Waals surface area (Å²) in [6, 6.07) is 5.79. The van der Waals surface area contributed by atoms with Crippen molar-refractivity contribution >= 4 is 11.8 Å². The van der Waals surface area contributed by atoms with Gasteiger partial charge in [0.1, 0.15) is 0 Å². The molecule has 3 rings (SSSR count). The summed E-state index contributed by atoms with van der Waals surface area (Å²) in [5, 5.41) is 0. The first-order valence-electron chi connectivity index (χ1n) is 10.5. The number of carbonyl (C=O) groups excluding carboxylic acids is 2. The second-order valence-electron chi connectivity index (χ2n) is 7.84. The number of hydrogen-bond acceptors (Lipinski definition) is 6. The van der Waals surface area contributed by atoms with E-state index in [1.165, 1.54) is 0 Å². The van der Waals surface area contributed by atoms with Crippen molar-refractivity contribution in [3.63, 3.8) is 0 Å². The Hall–Kier alpha value is -2.32. The zero-order chi connectivity index (χ0) is 21.5. The van der Waals surface area contributed by atoms with E-state index in [1.807, 2.05) is 28.0 Å². The van der Waals surface area contributed by atoms with Gasteiger partial charge in [-0.15, -0.1) is 0 Å². The van der Waals surface area contributed by atoms with Gasteiger partial charge in [-0.1, -0.05) is 6.07 Å². The zero-order valence-corrected chi connectivity index (χ0v) is 18.3. The van der Waals surface area contributed by atoms with E-state index in [9.17, 15) is 9.59 Å². The van der Waals surface area contributed by atoms with Crippen LogP contribution in [0.25, 0.3) is 0 Å². The van der Waals surface area contributed by atoms with E-state index in [4.69, 9.17) is 14.2 Å². The van der Waals surface area contributed by atoms with E-state index < -0.39 is 0 Å². The van der Waals surface area contributed by atoms with Gasteiger partial charge in [0.2, 0.25) is 11.8 Å². The fraction of sp³-hybridized carbons (Fsp3) is 0.636. The Morgan fingerprint density at radius 2 is 1.77 bits per heavy atom. The van der Waals surface area contributed by atoms with Gasteiger partial charge in [-0.3, -0.25) is 14.5 Å². The number of rotatable bonds is 9. The maximum absolute atomic E-state index is 12.9. The number of nitrogens with zero attached hydrogens (tertiary/aromatic N) is 3.